The number of carboxylic acids is 1. The van der Waals surface area contributed by atoms with Gasteiger partial charge in [-0.3, -0.25) is 4.79 Å². The summed E-state index contributed by atoms with van der Waals surface area (Å²) in [5, 5.41) is 16.0. The van der Waals surface area contributed by atoms with Crippen molar-refractivity contribution in [3.63, 3.8) is 0 Å². The maximum atomic E-state index is 9.00. The second kappa shape index (κ2) is 36.2. The molecule has 0 aromatic rings. The molecule has 0 atom stereocenters. The van der Waals surface area contributed by atoms with Crippen LogP contribution in [0.5, 0.6) is 0 Å². The number of ether oxygens (including phenoxy) is 5. The zero-order valence-electron chi connectivity index (χ0n) is 25.1. The molecular formula is C30H62O8. The van der Waals surface area contributed by atoms with E-state index in [1.807, 2.05) is 0 Å². The normalized spacial score (nSPS) is 11.1. The van der Waals surface area contributed by atoms with Crippen molar-refractivity contribution >= 4 is 5.97 Å². The van der Waals surface area contributed by atoms with E-state index in [1.165, 1.54) is 83.5 Å². The Kier molecular flexibility index (Phi) is 37.5. The number of carboxylic acid groups (broad SMARTS) is 1. The molecule has 0 aromatic carbocycles. The topological polar surface area (TPSA) is 104 Å². The number of aliphatic hydroxyl groups is 1. The van der Waals surface area contributed by atoms with Crippen molar-refractivity contribution in [2.75, 3.05) is 72.7 Å². The molecular weight excluding hydrogens is 488 g/mol. The average molecular weight is 551 g/mol. The first-order valence-electron chi connectivity index (χ1n) is 15.2. The van der Waals surface area contributed by atoms with E-state index >= 15 is 0 Å². The second-order valence-electron chi connectivity index (χ2n) is 10.1. The van der Waals surface area contributed by atoms with Crippen LogP contribution in [-0.2, 0) is 28.5 Å². The Morgan fingerprint density at radius 1 is 0.500 bits per heavy atom. The molecule has 0 saturated carbocycles. The summed E-state index contributed by atoms with van der Waals surface area (Å²) in [5.74, 6) is 0.0389. The monoisotopic (exact) mass is 550 g/mol. The molecule has 0 spiro atoms. The molecule has 0 radical (unpaired) electrons. The molecule has 0 amide bonds. The Hall–Kier alpha value is -0.770. The number of aliphatic hydroxyl groups excluding tert-OH is 1. The minimum Gasteiger partial charge on any atom is -0.481 e. The summed E-state index contributed by atoms with van der Waals surface area (Å²) in [7, 11) is 0. The first-order chi connectivity index (χ1) is 18.5. The summed E-state index contributed by atoms with van der Waals surface area (Å²) >= 11 is 0. The molecule has 0 aliphatic carbocycles. The van der Waals surface area contributed by atoms with Gasteiger partial charge in [-0.2, -0.15) is 0 Å². The lowest BCUT2D eigenvalue weighted by Gasteiger charge is -2.08. The molecule has 0 aliphatic rings. The van der Waals surface area contributed by atoms with E-state index in [-0.39, 0.29) is 6.61 Å². The quantitative estimate of drug-likeness (QED) is 0.101. The van der Waals surface area contributed by atoms with Crippen molar-refractivity contribution in [2.24, 2.45) is 5.92 Å². The highest BCUT2D eigenvalue weighted by Gasteiger charge is 1.97. The minimum absolute atomic E-state index is 0.0489. The number of carbonyl (C=O) groups is 1. The zero-order valence-corrected chi connectivity index (χ0v) is 25.1. The molecule has 0 aromatic heterocycles. The molecule has 230 valence electrons. The van der Waals surface area contributed by atoms with E-state index in [9.17, 15) is 0 Å². The zero-order chi connectivity index (χ0) is 28.4. The van der Waals surface area contributed by atoms with E-state index in [0.717, 1.165) is 25.9 Å². The van der Waals surface area contributed by atoms with Crippen molar-refractivity contribution in [2.45, 2.75) is 111 Å². The molecule has 0 fully saturated rings. The first-order valence-corrected chi connectivity index (χ1v) is 15.2. The number of hydrogen-bond donors (Lipinski definition) is 2. The van der Waals surface area contributed by atoms with Crippen molar-refractivity contribution in [1.29, 1.82) is 0 Å². The molecule has 0 heterocycles. The fourth-order valence-electron chi connectivity index (χ4n) is 3.75. The smallest absolute Gasteiger partial charge is 0.300 e. The van der Waals surface area contributed by atoms with Gasteiger partial charge in [0.2, 0.25) is 0 Å². The van der Waals surface area contributed by atoms with Gasteiger partial charge in [0.05, 0.1) is 66.1 Å². The van der Waals surface area contributed by atoms with Crippen LogP contribution >= 0.6 is 0 Å². The maximum absolute atomic E-state index is 9.00. The van der Waals surface area contributed by atoms with Gasteiger partial charge in [0.1, 0.15) is 0 Å². The van der Waals surface area contributed by atoms with Gasteiger partial charge in [-0.1, -0.05) is 97.3 Å². The van der Waals surface area contributed by atoms with E-state index in [2.05, 4.69) is 13.8 Å². The van der Waals surface area contributed by atoms with Crippen LogP contribution in [0.15, 0.2) is 0 Å². The SMILES string of the molecule is CC(=O)O.CC(C)CCCCCCCCCCCCCCCOCCOCCOCCOCCOCCO. The van der Waals surface area contributed by atoms with Crippen LogP contribution in [-0.4, -0.2) is 88.9 Å². The Balaban J connectivity index is 0. The first kappa shape index (κ1) is 39.4. The lowest BCUT2D eigenvalue weighted by molar-refractivity contribution is -0.134. The van der Waals surface area contributed by atoms with Gasteiger partial charge >= 0.3 is 0 Å². The molecule has 8 heteroatoms. The predicted octanol–water partition coefficient (Wildman–Crippen LogP) is 6.27. The highest BCUT2D eigenvalue weighted by molar-refractivity contribution is 5.62. The summed E-state index contributed by atoms with van der Waals surface area (Å²) in [6.07, 6.45) is 19.4. The van der Waals surface area contributed by atoms with Gasteiger partial charge in [-0.05, 0) is 12.3 Å². The standard InChI is InChI=1S/C28H58O6.C2H4O2/c1-28(2)16-14-12-10-8-6-4-3-5-7-9-11-13-15-18-30-20-22-32-24-26-34-27-25-33-23-21-31-19-17-29;1-2(3)4/h28-29H,3-27H2,1-2H3;1H3,(H,3,4). The fourth-order valence-corrected chi connectivity index (χ4v) is 3.75. The number of unbranched alkanes of at least 4 members (excludes halogenated alkanes) is 12. The third kappa shape index (κ3) is 45.2. The Morgan fingerprint density at radius 3 is 1.08 bits per heavy atom. The average Bonchev–Trinajstić information content (AvgIpc) is 2.87. The third-order valence-electron chi connectivity index (χ3n) is 5.79. The summed E-state index contributed by atoms with van der Waals surface area (Å²) in [6.45, 7) is 11.6. The molecule has 2 N–H and O–H groups in total. The number of hydrogen-bond acceptors (Lipinski definition) is 7. The lowest BCUT2D eigenvalue weighted by Crippen LogP contribution is -2.13. The minimum atomic E-state index is -0.833. The third-order valence-corrected chi connectivity index (χ3v) is 5.79. The van der Waals surface area contributed by atoms with Crippen LogP contribution in [0.2, 0.25) is 0 Å². The van der Waals surface area contributed by atoms with Crippen molar-refractivity contribution in [1.82, 2.24) is 0 Å². The second-order valence-corrected chi connectivity index (χ2v) is 10.1. The van der Waals surface area contributed by atoms with Crippen LogP contribution in [0.1, 0.15) is 111 Å². The summed E-state index contributed by atoms with van der Waals surface area (Å²) in [6, 6.07) is 0. The number of aliphatic carboxylic acids is 1. The number of rotatable bonds is 30. The molecule has 0 saturated heterocycles. The molecule has 8 nitrogen and oxygen atoms in total. The van der Waals surface area contributed by atoms with Gasteiger partial charge in [0, 0.05) is 13.5 Å². The molecule has 0 bridgehead atoms. The van der Waals surface area contributed by atoms with Crippen molar-refractivity contribution in [3.05, 3.63) is 0 Å². The Morgan fingerprint density at radius 2 is 0.763 bits per heavy atom. The van der Waals surface area contributed by atoms with Crippen LogP contribution in [0, 0.1) is 5.92 Å². The largest absolute Gasteiger partial charge is 0.481 e. The van der Waals surface area contributed by atoms with Crippen LogP contribution < -0.4 is 0 Å². The van der Waals surface area contributed by atoms with E-state index in [1.54, 1.807) is 0 Å². The predicted molar refractivity (Wildman–Crippen MR) is 154 cm³/mol. The van der Waals surface area contributed by atoms with Crippen molar-refractivity contribution in [3.8, 4) is 0 Å². The highest BCUT2D eigenvalue weighted by Crippen LogP contribution is 2.14. The van der Waals surface area contributed by atoms with Crippen molar-refractivity contribution < 1.29 is 38.7 Å². The maximum Gasteiger partial charge on any atom is 0.300 e. The van der Waals surface area contributed by atoms with E-state index < -0.39 is 5.97 Å². The summed E-state index contributed by atoms with van der Waals surface area (Å²) in [5.41, 5.74) is 0. The van der Waals surface area contributed by atoms with Crippen LogP contribution in [0.4, 0.5) is 0 Å². The molecule has 38 heavy (non-hydrogen) atoms. The molecule has 0 rings (SSSR count). The van der Waals surface area contributed by atoms with Crippen LogP contribution in [0.3, 0.4) is 0 Å². The Bertz CT molecular complexity index is 430. The lowest BCUT2D eigenvalue weighted by atomic mass is 10.0. The van der Waals surface area contributed by atoms with Gasteiger partial charge in [-0.15, -0.1) is 0 Å². The van der Waals surface area contributed by atoms with Gasteiger partial charge in [-0.25, -0.2) is 0 Å². The van der Waals surface area contributed by atoms with E-state index in [0.29, 0.717) is 59.5 Å². The summed E-state index contributed by atoms with van der Waals surface area (Å²) < 4.78 is 27.0. The summed E-state index contributed by atoms with van der Waals surface area (Å²) in [4.78, 5) is 9.00. The van der Waals surface area contributed by atoms with Gasteiger partial charge < -0.3 is 33.9 Å². The highest BCUT2D eigenvalue weighted by atomic mass is 16.6. The van der Waals surface area contributed by atoms with Crippen LogP contribution in [0.25, 0.3) is 0 Å². The van der Waals surface area contributed by atoms with E-state index in [4.69, 9.17) is 38.7 Å². The fraction of sp³-hybridized carbons (Fsp3) is 0.967. The van der Waals surface area contributed by atoms with Gasteiger partial charge in [0.25, 0.3) is 5.97 Å². The molecule has 0 unspecified atom stereocenters. The molecule has 0 aliphatic heterocycles. The van der Waals surface area contributed by atoms with Gasteiger partial charge in [0.15, 0.2) is 0 Å². The Labute approximate surface area is 234 Å².